The fraction of sp³-hybridized carbons (Fsp3) is 0.529. The number of aldehydes is 1. The van der Waals surface area contributed by atoms with Gasteiger partial charge >= 0.3 is 0 Å². The molecule has 1 aromatic carbocycles. The van der Waals surface area contributed by atoms with Crippen molar-refractivity contribution < 1.29 is 9.59 Å². The second-order valence-corrected chi connectivity index (χ2v) is 5.06. The molecule has 112 valence electrons. The second-order valence-electron chi connectivity index (χ2n) is 5.06. The second kappa shape index (κ2) is 11.2. The van der Waals surface area contributed by atoms with E-state index in [2.05, 4.69) is 36.5 Å². The van der Waals surface area contributed by atoms with Crippen LogP contribution in [0.5, 0.6) is 0 Å². The topological polar surface area (TPSA) is 46.2 Å². The molecule has 20 heavy (non-hydrogen) atoms. The van der Waals surface area contributed by atoms with Crippen molar-refractivity contribution >= 4 is 12.2 Å². The van der Waals surface area contributed by atoms with Crippen LogP contribution in [0.4, 0.5) is 0 Å². The maximum atomic E-state index is 11.0. The maximum Gasteiger partial charge on any atom is 0.220 e. The van der Waals surface area contributed by atoms with Crippen molar-refractivity contribution in [1.29, 1.82) is 0 Å². The summed E-state index contributed by atoms with van der Waals surface area (Å²) in [6, 6.07) is 10.1. The van der Waals surface area contributed by atoms with Crippen LogP contribution in [0.1, 0.15) is 46.1 Å². The van der Waals surface area contributed by atoms with Crippen molar-refractivity contribution in [2.45, 2.75) is 53.0 Å². The average molecular weight is 277 g/mol. The van der Waals surface area contributed by atoms with Crippen LogP contribution in [0.3, 0.4) is 0 Å². The van der Waals surface area contributed by atoms with Gasteiger partial charge in [-0.1, -0.05) is 58.0 Å². The average Bonchev–Trinajstić information content (AvgIpc) is 2.46. The molecule has 0 aromatic heterocycles. The quantitative estimate of drug-likeness (QED) is 0.810. The number of amides is 1. The van der Waals surface area contributed by atoms with Gasteiger partial charge in [-0.2, -0.15) is 0 Å². The van der Waals surface area contributed by atoms with Gasteiger partial charge in [0.15, 0.2) is 0 Å². The standard InChI is InChI=1S/C9H17NO2.C8H10/c1-4-5-9(12)10-8(6-11)7(2)3;1-2-8-6-4-3-5-7-8/h6-8H,4-5H2,1-3H3,(H,10,12);3-7H,2H2,1H3. The van der Waals surface area contributed by atoms with Crippen LogP contribution in [0.25, 0.3) is 0 Å². The van der Waals surface area contributed by atoms with E-state index >= 15 is 0 Å². The molecule has 0 aliphatic carbocycles. The number of carbonyl (C=O) groups excluding carboxylic acids is 2. The normalized spacial score (nSPS) is 11.2. The van der Waals surface area contributed by atoms with E-state index in [0.29, 0.717) is 6.42 Å². The first-order chi connectivity index (χ1) is 9.54. The van der Waals surface area contributed by atoms with E-state index in [9.17, 15) is 9.59 Å². The Kier molecular flexibility index (Phi) is 10.3. The monoisotopic (exact) mass is 277 g/mol. The van der Waals surface area contributed by atoms with Crippen molar-refractivity contribution in [3.05, 3.63) is 35.9 Å². The molecule has 0 bridgehead atoms. The molecule has 0 saturated heterocycles. The minimum absolute atomic E-state index is 0.0386. The summed E-state index contributed by atoms with van der Waals surface area (Å²) in [6.45, 7) is 7.91. The Morgan fingerprint density at radius 3 is 2.15 bits per heavy atom. The zero-order chi connectivity index (χ0) is 15.4. The summed E-state index contributed by atoms with van der Waals surface area (Å²) in [5, 5.41) is 2.66. The number of carbonyl (C=O) groups is 2. The van der Waals surface area contributed by atoms with E-state index < -0.39 is 0 Å². The summed E-state index contributed by atoms with van der Waals surface area (Å²) >= 11 is 0. The minimum atomic E-state index is -0.330. The summed E-state index contributed by atoms with van der Waals surface area (Å²) in [5.41, 5.74) is 1.41. The SMILES string of the molecule is CCCC(=O)NC(C=O)C(C)C.CCc1ccccc1. The molecule has 1 atom stereocenters. The Bertz CT molecular complexity index is 374. The first-order valence-corrected chi connectivity index (χ1v) is 7.33. The number of hydrogen-bond acceptors (Lipinski definition) is 2. The van der Waals surface area contributed by atoms with Gasteiger partial charge in [-0.25, -0.2) is 0 Å². The van der Waals surface area contributed by atoms with Crippen molar-refractivity contribution in [1.82, 2.24) is 5.32 Å². The van der Waals surface area contributed by atoms with E-state index in [1.165, 1.54) is 5.56 Å². The Balaban J connectivity index is 0.000000388. The van der Waals surface area contributed by atoms with Crippen molar-refractivity contribution in [2.24, 2.45) is 5.92 Å². The Hall–Kier alpha value is -1.64. The van der Waals surface area contributed by atoms with E-state index in [4.69, 9.17) is 0 Å². The van der Waals surface area contributed by atoms with Crippen LogP contribution in [-0.4, -0.2) is 18.2 Å². The van der Waals surface area contributed by atoms with Gasteiger partial charge in [0.05, 0.1) is 6.04 Å². The molecule has 3 nitrogen and oxygen atoms in total. The van der Waals surface area contributed by atoms with Gasteiger partial charge < -0.3 is 10.1 Å². The summed E-state index contributed by atoms with van der Waals surface area (Å²) in [5.74, 6) is 0.131. The lowest BCUT2D eigenvalue weighted by atomic mass is 10.1. The van der Waals surface area contributed by atoms with Crippen LogP contribution in [0.2, 0.25) is 0 Å². The lowest BCUT2D eigenvalue weighted by molar-refractivity contribution is -0.124. The third-order valence-electron chi connectivity index (χ3n) is 2.92. The molecular weight excluding hydrogens is 250 g/mol. The number of benzene rings is 1. The Morgan fingerprint density at radius 2 is 1.80 bits per heavy atom. The van der Waals surface area contributed by atoms with Gasteiger partial charge in [-0.15, -0.1) is 0 Å². The Morgan fingerprint density at radius 1 is 1.20 bits per heavy atom. The third kappa shape index (κ3) is 8.46. The van der Waals surface area contributed by atoms with Crippen LogP contribution in [0, 0.1) is 5.92 Å². The first-order valence-electron chi connectivity index (χ1n) is 7.33. The molecule has 3 heteroatoms. The molecule has 0 aliphatic rings. The van der Waals surface area contributed by atoms with Crippen molar-refractivity contribution in [2.75, 3.05) is 0 Å². The molecule has 0 saturated carbocycles. The third-order valence-corrected chi connectivity index (χ3v) is 2.92. The molecule has 0 radical (unpaired) electrons. The number of nitrogens with one attached hydrogen (secondary N) is 1. The molecule has 0 heterocycles. The van der Waals surface area contributed by atoms with Crippen LogP contribution >= 0.6 is 0 Å². The van der Waals surface area contributed by atoms with Gasteiger partial charge in [0.1, 0.15) is 6.29 Å². The molecule has 1 aromatic rings. The van der Waals surface area contributed by atoms with E-state index in [0.717, 1.165) is 19.1 Å². The molecule has 1 rings (SSSR count). The maximum absolute atomic E-state index is 11.0. The summed E-state index contributed by atoms with van der Waals surface area (Å²) < 4.78 is 0. The lowest BCUT2D eigenvalue weighted by Gasteiger charge is -2.15. The highest BCUT2D eigenvalue weighted by Crippen LogP contribution is 1.99. The largest absolute Gasteiger partial charge is 0.346 e. The van der Waals surface area contributed by atoms with Gasteiger partial charge in [0, 0.05) is 6.42 Å². The summed E-state index contributed by atoms with van der Waals surface area (Å²) in [6.07, 6.45) is 3.24. The highest BCUT2D eigenvalue weighted by molar-refractivity contribution is 5.79. The zero-order valence-electron chi connectivity index (χ0n) is 13.1. The fourth-order valence-electron chi connectivity index (χ4n) is 1.56. The highest BCUT2D eigenvalue weighted by Gasteiger charge is 2.13. The van der Waals surface area contributed by atoms with Gasteiger partial charge in [0.2, 0.25) is 5.91 Å². The molecule has 1 N–H and O–H groups in total. The molecule has 0 spiro atoms. The van der Waals surface area contributed by atoms with Gasteiger partial charge in [-0.05, 0) is 24.3 Å². The zero-order valence-corrected chi connectivity index (χ0v) is 13.1. The first kappa shape index (κ1) is 18.4. The van der Waals surface area contributed by atoms with E-state index in [1.807, 2.05) is 26.8 Å². The molecule has 0 fully saturated rings. The number of aryl methyl sites for hydroxylation is 1. The molecular formula is C17H27NO2. The highest BCUT2D eigenvalue weighted by atomic mass is 16.2. The van der Waals surface area contributed by atoms with E-state index in [-0.39, 0.29) is 17.9 Å². The fourth-order valence-corrected chi connectivity index (χ4v) is 1.56. The van der Waals surface area contributed by atoms with Crippen molar-refractivity contribution in [3.63, 3.8) is 0 Å². The predicted octanol–water partition coefficient (Wildman–Crippen LogP) is 3.38. The number of hydrogen-bond donors (Lipinski definition) is 1. The van der Waals surface area contributed by atoms with Crippen LogP contribution < -0.4 is 5.32 Å². The smallest absolute Gasteiger partial charge is 0.220 e. The van der Waals surface area contributed by atoms with Crippen LogP contribution in [0.15, 0.2) is 30.3 Å². The lowest BCUT2D eigenvalue weighted by Crippen LogP contribution is -2.39. The van der Waals surface area contributed by atoms with E-state index in [1.54, 1.807) is 0 Å². The summed E-state index contributed by atoms with van der Waals surface area (Å²) in [4.78, 5) is 21.5. The summed E-state index contributed by atoms with van der Waals surface area (Å²) in [7, 11) is 0. The van der Waals surface area contributed by atoms with Gasteiger partial charge in [-0.3, -0.25) is 4.79 Å². The molecule has 1 amide bonds. The molecule has 1 unspecified atom stereocenters. The Labute approximate surface area is 122 Å². The number of rotatable bonds is 6. The van der Waals surface area contributed by atoms with Crippen molar-refractivity contribution in [3.8, 4) is 0 Å². The predicted molar refractivity (Wildman–Crippen MR) is 83.6 cm³/mol. The van der Waals surface area contributed by atoms with Gasteiger partial charge in [0.25, 0.3) is 0 Å². The van der Waals surface area contributed by atoms with Crippen LogP contribution in [-0.2, 0) is 16.0 Å². The molecule has 0 aliphatic heterocycles. The minimum Gasteiger partial charge on any atom is -0.346 e.